The van der Waals surface area contributed by atoms with Gasteiger partial charge in [0.15, 0.2) is 41.6 Å². The van der Waals surface area contributed by atoms with Crippen molar-refractivity contribution < 1.29 is 43.8 Å². The fraction of sp³-hybridized carbons (Fsp3) is 0.786. The van der Waals surface area contributed by atoms with Crippen molar-refractivity contribution in [1.29, 1.82) is 0 Å². The monoisotopic (exact) mass is 756 g/mol. The zero-order valence-electron chi connectivity index (χ0n) is 31.2. The maximum absolute atomic E-state index is 12.2. The van der Waals surface area contributed by atoms with Crippen LogP contribution in [0.2, 0.25) is 104 Å². The first kappa shape index (κ1) is 44.7. The van der Waals surface area contributed by atoms with Crippen LogP contribution in [0.3, 0.4) is 0 Å². The van der Waals surface area contributed by atoms with Crippen LogP contribution in [-0.2, 0) is 43.8 Å². The fourth-order valence-corrected chi connectivity index (χ4v) is 29.7. The van der Waals surface area contributed by atoms with Crippen LogP contribution in [0.4, 0.5) is 0 Å². The second-order valence-corrected chi connectivity index (χ2v) is 44.7. The number of hydrogen-bond acceptors (Lipinski definition) is 10. The van der Waals surface area contributed by atoms with Gasteiger partial charge in [-0.2, -0.15) is 0 Å². The van der Waals surface area contributed by atoms with Crippen LogP contribution < -0.4 is 0 Å². The molecule has 0 spiro atoms. The van der Waals surface area contributed by atoms with E-state index >= 15 is 0 Å². The van der Waals surface area contributed by atoms with Crippen LogP contribution in [0.25, 0.3) is 0 Å². The molecule has 0 amide bonds. The quantitative estimate of drug-likeness (QED) is 0.0467. The molecule has 0 saturated heterocycles. The molecule has 45 heavy (non-hydrogen) atoms. The second kappa shape index (κ2) is 17.4. The highest BCUT2D eigenvalue weighted by atomic mass is 28.6. The molecular formula is C28H64O10Si7. The number of ether oxygens (including phenoxy) is 2. The predicted molar refractivity (Wildman–Crippen MR) is 199 cm³/mol. The molecule has 0 rings (SSSR count). The molecule has 0 aliphatic carbocycles. The summed E-state index contributed by atoms with van der Waals surface area (Å²) in [4.78, 5) is 24.1. The van der Waals surface area contributed by atoms with Gasteiger partial charge in [-0.25, -0.2) is 9.59 Å². The molecule has 10 nitrogen and oxygen atoms in total. The first-order valence-electron chi connectivity index (χ1n) is 15.8. The SMILES string of the molecule is C=C(C)C(=O)OCCC[Si](C)(C)O[Si](CCCOC(=O)C(=C)C)(O[Si](C)(C)C)O[Si](O[Si](C)(C)C)(O[Si](C)(C)C)O[Si](C)(C)C. The van der Waals surface area contributed by atoms with E-state index in [2.05, 4.69) is 105 Å². The summed E-state index contributed by atoms with van der Waals surface area (Å²) in [6, 6.07) is 1.08. The van der Waals surface area contributed by atoms with Gasteiger partial charge in [0.1, 0.15) is 0 Å². The minimum absolute atomic E-state index is 0.161. The highest BCUT2D eigenvalue weighted by Gasteiger charge is 2.62. The van der Waals surface area contributed by atoms with E-state index in [1.165, 1.54) is 0 Å². The summed E-state index contributed by atoms with van der Waals surface area (Å²) in [5.74, 6) is -0.843. The van der Waals surface area contributed by atoms with E-state index in [-0.39, 0.29) is 13.2 Å². The maximum Gasteiger partial charge on any atom is 0.640 e. The van der Waals surface area contributed by atoms with Crippen molar-refractivity contribution in [3.8, 4) is 0 Å². The first-order valence-corrected chi connectivity index (χ1v) is 36.1. The van der Waals surface area contributed by atoms with Crippen LogP contribution in [0.15, 0.2) is 24.3 Å². The molecule has 264 valence electrons. The van der Waals surface area contributed by atoms with E-state index in [1.807, 2.05) is 0 Å². The van der Waals surface area contributed by atoms with Gasteiger partial charge in [0, 0.05) is 17.2 Å². The van der Waals surface area contributed by atoms with Gasteiger partial charge in [0.2, 0.25) is 0 Å². The Morgan fingerprint density at radius 2 is 0.822 bits per heavy atom. The Morgan fingerprint density at radius 3 is 1.13 bits per heavy atom. The van der Waals surface area contributed by atoms with Crippen LogP contribution in [-0.4, -0.2) is 84.6 Å². The van der Waals surface area contributed by atoms with E-state index < -0.39 is 71.4 Å². The summed E-state index contributed by atoms with van der Waals surface area (Å²) in [5.41, 5.74) is 0.708. The van der Waals surface area contributed by atoms with Crippen molar-refractivity contribution in [1.82, 2.24) is 0 Å². The molecule has 0 aromatic heterocycles. The Morgan fingerprint density at radius 1 is 0.489 bits per heavy atom. The number of carbonyl (C=O) groups is 2. The molecule has 0 aliphatic heterocycles. The van der Waals surface area contributed by atoms with Crippen molar-refractivity contribution in [2.24, 2.45) is 0 Å². The lowest BCUT2D eigenvalue weighted by Gasteiger charge is -2.47. The first-order chi connectivity index (χ1) is 19.9. The van der Waals surface area contributed by atoms with Crippen LogP contribution in [0, 0.1) is 0 Å². The largest absolute Gasteiger partial charge is 0.640 e. The number of hydrogen-bond donors (Lipinski definition) is 0. The summed E-state index contributed by atoms with van der Waals surface area (Å²) >= 11 is 0. The Kier molecular flexibility index (Phi) is 17.3. The third-order valence-corrected chi connectivity index (χ3v) is 27.4. The molecule has 0 aliphatic rings. The van der Waals surface area contributed by atoms with Crippen LogP contribution in [0.5, 0.6) is 0 Å². The normalized spacial score (nSPS) is 14.9. The van der Waals surface area contributed by atoms with Gasteiger partial charge in [-0.3, -0.25) is 0 Å². The van der Waals surface area contributed by atoms with Crippen molar-refractivity contribution in [3.05, 3.63) is 24.3 Å². The van der Waals surface area contributed by atoms with Gasteiger partial charge in [-0.05, 0) is 124 Å². The third kappa shape index (κ3) is 21.3. The molecule has 0 aromatic carbocycles. The Hall–Kier alpha value is -0.302. The average Bonchev–Trinajstić information content (AvgIpc) is 2.73. The summed E-state index contributed by atoms with van der Waals surface area (Å²) in [5, 5.41) is 0. The minimum Gasteiger partial charge on any atom is -0.462 e. The van der Waals surface area contributed by atoms with Gasteiger partial charge in [0.05, 0.1) is 13.2 Å². The topological polar surface area (TPSA) is 108 Å². The van der Waals surface area contributed by atoms with E-state index in [4.69, 9.17) is 34.2 Å². The molecule has 1 atom stereocenters. The third-order valence-electron chi connectivity index (χ3n) is 5.18. The smallest absolute Gasteiger partial charge is 0.462 e. The summed E-state index contributed by atoms with van der Waals surface area (Å²) in [6.07, 6.45) is 1.07. The van der Waals surface area contributed by atoms with Crippen molar-refractivity contribution in [2.45, 2.75) is 130 Å². The average molecular weight is 757 g/mol. The molecule has 0 N–H and O–H groups in total. The Bertz CT molecular complexity index is 970. The predicted octanol–water partition coefficient (Wildman–Crippen LogP) is 8.02. The molecule has 1 unspecified atom stereocenters. The lowest BCUT2D eigenvalue weighted by atomic mass is 10.4. The Balaban J connectivity index is 6.97. The second-order valence-electron chi connectivity index (χ2n) is 16.0. The molecular weight excluding hydrogens is 693 g/mol. The van der Waals surface area contributed by atoms with Crippen molar-refractivity contribution in [3.63, 3.8) is 0 Å². The number of rotatable bonds is 22. The van der Waals surface area contributed by atoms with E-state index in [1.54, 1.807) is 13.8 Å². The zero-order valence-corrected chi connectivity index (χ0v) is 38.2. The lowest BCUT2D eigenvalue weighted by molar-refractivity contribution is -0.139. The van der Waals surface area contributed by atoms with Gasteiger partial charge < -0.3 is 34.2 Å². The molecule has 0 aromatic rings. The maximum atomic E-state index is 12.2. The molecule has 17 heteroatoms. The summed E-state index contributed by atoms with van der Waals surface area (Å²) < 4.78 is 53.1. The van der Waals surface area contributed by atoms with Gasteiger partial charge in [0.25, 0.3) is 0 Å². The van der Waals surface area contributed by atoms with Crippen molar-refractivity contribution in [2.75, 3.05) is 13.2 Å². The lowest BCUT2D eigenvalue weighted by Crippen LogP contribution is -2.70. The van der Waals surface area contributed by atoms with Crippen molar-refractivity contribution >= 4 is 71.4 Å². The Labute approximate surface area is 282 Å². The van der Waals surface area contributed by atoms with E-state index in [0.717, 1.165) is 0 Å². The summed E-state index contributed by atoms with van der Waals surface area (Å²) in [7, 11) is -19.2. The number of carbonyl (C=O) groups excluding carboxylic acids is 2. The highest BCUT2D eigenvalue weighted by Crippen LogP contribution is 2.36. The van der Waals surface area contributed by atoms with Gasteiger partial charge >= 0.3 is 29.8 Å². The molecule has 0 bridgehead atoms. The highest BCUT2D eigenvalue weighted by molar-refractivity contribution is 6.93. The van der Waals surface area contributed by atoms with Crippen LogP contribution in [0.1, 0.15) is 26.7 Å². The number of esters is 2. The molecule has 0 fully saturated rings. The molecule has 0 heterocycles. The van der Waals surface area contributed by atoms with E-state index in [9.17, 15) is 9.59 Å². The van der Waals surface area contributed by atoms with Crippen LogP contribution >= 0.6 is 0 Å². The molecule has 0 saturated carbocycles. The zero-order chi connectivity index (χ0) is 35.7. The van der Waals surface area contributed by atoms with Gasteiger partial charge in [-0.1, -0.05) is 13.2 Å². The molecule has 0 radical (unpaired) electrons. The minimum atomic E-state index is -3.86. The van der Waals surface area contributed by atoms with Gasteiger partial charge in [-0.15, -0.1) is 0 Å². The standard InChI is InChI=1S/C28H64O10Si7/c1-25(2)27(29)31-21-19-23-43(17,18)37-44(33-39(5,6)7,24-20-22-32-28(30)26(3)4)38-45(34-40(8,9)10,35-41(11,12)13)36-42(14,15)16/h1,3,19-24H2,2,4-18H3. The van der Waals surface area contributed by atoms with E-state index in [0.29, 0.717) is 36.1 Å². The fourth-order valence-electron chi connectivity index (χ4n) is 3.96. The summed E-state index contributed by atoms with van der Waals surface area (Å²) in [6.45, 7) is 40.5.